The van der Waals surface area contributed by atoms with Gasteiger partial charge in [-0.25, -0.2) is 13.2 Å². The molecule has 5 nitrogen and oxygen atoms in total. The van der Waals surface area contributed by atoms with Crippen LogP contribution in [0.1, 0.15) is 33.7 Å². The lowest BCUT2D eigenvalue weighted by molar-refractivity contribution is 0.0891. The van der Waals surface area contributed by atoms with E-state index in [1.165, 1.54) is 12.1 Å². The zero-order valence-corrected chi connectivity index (χ0v) is 14.0. The Labute approximate surface area is 143 Å². The van der Waals surface area contributed by atoms with Crippen LogP contribution in [0, 0.1) is 19.7 Å². The summed E-state index contributed by atoms with van der Waals surface area (Å²) >= 11 is 0. The molecule has 0 radical (unpaired) electrons. The second kappa shape index (κ2) is 8.55. The Bertz CT molecular complexity index is 712. The Hall–Kier alpha value is -2.51. The van der Waals surface area contributed by atoms with Crippen molar-refractivity contribution in [1.29, 1.82) is 0 Å². The number of carbonyl (C=O) groups excluding carboxylic acids is 1. The van der Waals surface area contributed by atoms with Crippen molar-refractivity contribution in [3.05, 3.63) is 46.5 Å². The molecule has 0 aliphatic carbocycles. The Kier molecular flexibility index (Phi) is 6.44. The van der Waals surface area contributed by atoms with Gasteiger partial charge >= 0.3 is 0 Å². The number of amides is 1. The standard InChI is InChI=1S/C17H20F3N3O2/c1-10-13(11(2)23-22-10)4-3-7-25-15-8-12(5-6-14(15)18)17(24)21-9-16(19)20/h5-6,8,16H,3-4,7,9H2,1-2H3,(H,21,24)(H,22,23). The van der Waals surface area contributed by atoms with Crippen LogP contribution in [0.4, 0.5) is 13.2 Å². The molecule has 25 heavy (non-hydrogen) atoms. The molecule has 8 heteroatoms. The first-order valence-corrected chi connectivity index (χ1v) is 7.87. The van der Waals surface area contributed by atoms with Gasteiger partial charge in [0.15, 0.2) is 11.6 Å². The first-order valence-electron chi connectivity index (χ1n) is 7.87. The molecule has 2 aromatic rings. The number of aromatic nitrogens is 2. The predicted molar refractivity (Wildman–Crippen MR) is 86.6 cm³/mol. The van der Waals surface area contributed by atoms with E-state index >= 15 is 0 Å². The molecule has 1 aromatic heterocycles. The Morgan fingerprint density at radius 2 is 2.12 bits per heavy atom. The van der Waals surface area contributed by atoms with Gasteiger partial charge in [-0.05, 0) is 50.5 Å². The summed E-state index contributed by atoms with van der Waals surface area (Å²) in [4.78, 5) is 11.7. The number of hydrogen-bond donors (Lipinski definition) is 2. The Morgan fingerprint density at radius 1 is 1.36 bits per heavy atom. The lowest BCUT2D eigenvalue weighted by Gasteiger charge is -2.10. The van der Waals surface area contributed by atoms with Crippen molar-refractivity contribution in [2.45, 2.75) is 33.1 Å². The maximum atomic E-state index is 13.8. The normalized spacial score (nSPS) is 11.0. The fourth-order valence-corrected chi connectivity index (χ4v) is 2.40. The van der Waals surface area contributed by atoms with Gasteiger partial charge in [0.1, 0.15) is 0 Å². The SMILES string of the molecule is Cc1n[nH]c(C)c1CCCOc1cc(C(=O)NCC(F)F)ccc1F. The van der Waals surface area contributed by atoms with Crippen LogP contribution >= 0.6 is 0 Å². The number of alkyl halides is 2. The minimum atomic E-state index is -2.64. The van der Waals surface area contributed by atoms with Crippen molar-refractivity contribution in [2.24, 2.45) is 0 Å². The van der Waals surface area contributed by atoms with Crippen LogP contribution in [0.3, 0.4) is 0 Å². The topological polar surface area (TPSA) is 67.0 Å². The molecule has 0 bridgehead atoms. The summed E-state index contributed by atoms with van der Waals surface area (Å²) in [5.74, 6) is -1.39. The number of aromatic amines is 1. The number of ether oxygens (including phenoxy) is 1. The Morgan fingerprint density at radius 3 is 2.76 bits per heavy atom. The fourth-order valence-electron chi connectivity index (χ4n) is 2.40. The number of halogens is 3. The second-order valence-electron chi connectivity index (χ2n) is 5.61. The van der Waals surface area contributed by atoms with E-state index in [0.29, 0.717) is 6.42 Å². The highest BCUT2D eigenvalue weighted by molar-refractivity contribution is 5.94. The molecule has 136 valence electrons. The van der Waals surface area contributed by atoms with Gasteiger partial charge in [-0.15, -0.1) is 0 Å². The van der Waals surface area contributed by atoms with Crippen LogP contribution in [0.2, 0.25) is 0 Å². The van der Waals surface area contributed by atoms with Gasteiger partial charge in [-0.1, -0.05) is 0 Å². The molecule has 0 spiro atoms. The first-order chi connectivity index (χ1) is 11.9. The van der Waals surface area contributed by atoms with E-state index in [0.717, 1.165) is 29.4 Å². The lowest BCUT2D eigenvalue weighted by atomic mass is 10.1. The zero-order chi connectivity index (χ0) is 18.4. The summed E-state index contributed by atoms with van der Waals surface area (Å²) in [5.41, 5.74) is 3.07. The third-order valence-electron chi connectivity index (χ3n) is 3.72. The number of H-pyrrole nitrogens is 1. The minimum Gasteiger partial charge on any atom is -0.490 e. The summed E-state index contributed by atoms with van der Waals surface area (Å²) in [6, 6.07) is 3.52. The number of carbonyl (C=O) groups is 1. The predicted octanol–water partition coefficient (Wildman–Crippen LogP) is 3.17. The lowest BCUT2D eigenvalue weighted by Crippen LogP contribution is -2.28. The molecule has 1 aromatic carbocycles. The fraction of sp³-hybridized carbons (Fsp3) is 0.412. The monoisotopic (exact) mass is 355 g/mol. The molecule has 0 aliphatic rings. The van der Waals surface area contributed by atoms with Gasteiger partial charge in [-0.2, -0.15) is 5.10 Å². The maximum absolute atomic E-state index is 13.8. The van der Waals surface area contributed by atoms with E-state index in [-0.39, 0.29) is 17.9 Å². The van der Waals surface area contributed by atoms with Crippen molar-refractivity contribution in [1.82, 2.24) is 15.5 Å². The summed E-state index contributed by atoms with van der Waals surface area (Å²) in [7, 11) is 0. The smallest absolute Gasteiger partial charge is 0.255 e. The highest BCUT2D eigenvalue weighted by Crippen LogP contribution is 2.20. The molecule has 0 fully saturated rings. The highest BCUT2D eigenvalue weighted by Gasteiger charge is 2.13. The molecular formula is C17H20F3N3O2. The van der Waals surface area contributed by atoms with Crippen molar-refractivity contribution in [3.63, 3.8) is 0 Å². The van der Waals surface area contributed by atoms with E-state index < -0.39 is 24.7 Å². The van der Waals surface area contributed by atoms with Crippen LogP contribution < -0.4 is 10.1 Å². The first kappa shape index (κ1) is 18.8. The van der Waals surface area contributed by atoms with E-state index in [1.54, 1.807) is 0 Å². The van der Waals surface area contributed by atoms with Gasteiger partial charge in [-0.3, -0.25) is 9.89 Å². The van der Waals surface area contributed by atoms with E-state index in [4.69, 9.17) is 4.74 Å². The molecule has 0 atom stereocenters. The van der Waals surface area contributed by atoms with Crippen LogP contribution in [0.25, 0.3) is 0 Å². The molecule has 0 saturated heterocycles. The molecule has 1 heterocycles. The maximum Gasteiger partial charge on any atom is 0.255 e. The highest BCUT2D eigenvalue weighted by atomic mass is 19.3. The largest absolute Gasteiger partial charge is 0.490 e. The molecule has 2 rings (SSSR count). The van der Waals surface area contributed by atoms with Gasteiger partial charge < -0.3 is 10.1 Å². The second-order valence-corrected chi connectivity index (χ2v) is 5.61. The number of nitrogens with one attached hydrogen (secondary N) is 2. The van der Waals surface area contributed by atoms with Crippen molar-refractivity contribution in [3.8, 4) is 5.75 Å². The van der Waals surface area contributed by atoms with Gasteiger partial charge in [0.25, 0.3) is 12.3 Å². The van der Waals surface area contributed by atoms with Crippen LogP contribution in [0.15, 0.2) is 18.2 Å². The van der Waals surface area contributed by atoms with Crippen molar-refractivity contribution < 1.29 is 22.7 Å². The summed E-state index contributed by atoms with van der Waals surface area (Å²) in [6.45, 7) is 3.33. The summed E-state index contributed by atoms with van der Waals surface area (Å²) in [6.07, 6.45) is -1.28. The number of hydrogen-bond acceptors (Lipinski definition) is 3. The third-order valence-corrected chi connectivity index (χ3v) is 3.72. The van der Waals surface area contributed by atoms with Crippen molar-refractivity contribution in [2.75, 3.05) is 13.2 Å². The number of rotatable bonds is 8. The van der Waals surface area contributed by atoms with Gasteiger partial charge in [0, 0.05) is 11.3 Å². The van der Waals surface area contributed by atoms with Crippen molar-refractivity contribution >= 4 is 5.91 Å². The summed E-state index contributed by atoms with van der Waals surface area (Å²) in [5, 5.41) is 9.07. The molecule has 0 saturated carbocycles. The number of benzene rings is 1. The average molecular weight is 355 g/mol. The van der Waals surface area contributed by atoms with Gasteiger partial charge in [0.05, 0.1) is 18.8 Å². The average Bonchev–Trinajstić information content (AvgIpc) is 2.89. The van der Waals surface area contributed by atoms with E-state index in [1.807, 2.05) is 13.8 Å². The quantitative estimate of drug-likeness (QED) is 0.715. The summed E-state index contributed by atoms with van der Waals surface area (Å²) < 4.78 is 43.4. The zero-order valence-electron chi connectivity index (χ0n) is 14.0. The van der Waals surface area contributed by atoms with Crippen LogP contribution in [-0.2, 0) is 6.42 Å². The van der Waals surface area contributed by atoms with Crippen LogP contribution in [0.5, 0.6) is 5.75 Å². The van der Waals surface area contributed by atoms with Gasteiger partial charge in [0.2, 0.25) is 0 Å². The number of nitrogens with zero attached hydrogens (tertiary/aromatic N) is 1. The van der Waals surface area contributed by atoms with E-state index in [2.05, 4.69) is 15.5 Å². The molecule has 0 aliphatic heterocycles. The van der Waals surface area contributed by atoms with Crippen LogP contribution in [-0.4, -0.2) is 35.7 Å². The molecule has 1 amide bonds. The minimum absolute atomic E-state index is 0.0681. The Balaban J connectivity index is 1.90. The number of aryl methyl sites for hydroxylation is 2. The van der Waals surface area contributed by atoms with E-state index in [9.17, 15) is 18.0 Å². The third kappa shape index (κ3) is 5.23. The molecular weight excluding hydrogens is 335 g/mol. The molecule has 0 unspecified atom stereocenters. The molecule has 2 N–H and O–H groups in total.